The minimum absolute atomic E-state index is 0. The van der Waals surface area contributed by atoms with Gasteiger partial charge in [-0.2, -0.15) is 0 Å². The van der Waals surface area contributed by atoms with E-state index in [4.69, 9.17) is 0 Å². The Hall–Kier alpha value is -0.830. The minimum atomic E-state index is 0. The molecule has 0 saturated carbocycles. The lowest BCUT2D eigenvalue weighted by Crippen LogP contribution is -3.00. The first-order valence-corrected chi connectivity index (χ1v) is 6.71. The topological polar surface area (TPSA) is 16.6 Å². The van der Waals surface area contributed by atoms with E-state index in [1.807, 2.05) is 11.3 Å². The Kier molecular flexibility index (Phi) is 6.94. The summed E-state index contributed by atoms with van der Waals surface area (Å²) in [5.41, 5.74) is 1.45. The van der Waals surface area contributed by atoms with Crippen LogP contribution in [0.2, 0.25) is 0 Å². The van der Waals surface area contributed by atoms with Crippen LogP contribution in [0.5, 0.6) is 0 Å². The fraction of sp³-hybridized carbons (Fsp3) is 0.286. The van der Waals surface area contributed by atoms with Crippen molar-refractivity contribution in [3.05, 3.63) is 58.3 Å². The number of hydrogen-bond donors (Lipinski definition) is 1. The average molecular weight is 268 g/mol. The number of benzene rings is 1. The first kappa shape index (κ1) is 14.2. The second kappa shape index (κ2) is 8.29. The van der Waals surface area contributed by atoms with Gasteiger partial charge in [-0.15, -0.1) is 11.3 Å². The normalized spacial score (nSPS) is 9.88. The van der Waals surface area contributed by atoms with Gasteiger partial charge < -0.3 is 17.7 Å². The maximum atomic E-state index is 2.40. The van der Waals surface area contributed by atoms with Gasteiger partial charge in [-0.25, -0.2) is 0 Å². The van der Waals surface area contributed by atoms with Gasteiger partial charge >= 0.3 is 0 Å². The van der Waals surface area contributed by atoms with Crippen LogP contribution in [0, 0.1) is 0 Å². The molecule has 0 aliphatic rings. The third kappa shape index (κ3) is 5.35. The smallest absolute Gasteiger partial charge is 0.111 e. The molecule has 92 valence electrons. The molecular weight excluding hydrogens is 250 g/mol. The molecule has 1 aromatic heterocycles. The highest BCUT2D eigenvalue weighted by Gasteiger charge is 1.96. The van der Waals surface area contributed by atoms with Crippen LogP contribution in [0.15, 0.2) is 47.8 Å². The molecule has 0 aliphatic carbocycles. The predicted octanol–water partition coefficient (Wildman–Crippen LogP) is -0.552. The molecule has 0 aliphatic heterocycles. The van der Waals surface area contributed by atoms with Crippen LogP contribution in [0.25, 0.3) is 0 Å². The highest BCUT2D eigenvalue weighted by Crippen LogP contribution is 2.05. The van der Waals surface area contributed by atoms with Crippen molar-refractivity contribution < 1.29 is 17.7 Å². The summed E-state index contributed by atoms with van der Waals surface area (Å²) < 4.78 is 0. The highest BCUT2D eigenvalue weighted by molar-refractivity contribution is 7.09. The molecule has 2 aromatic rings. The summed E-state index contributed by atoms with van der Waals surface area (Å²) in [6.45, 7) is 2.35. The number of nitrogens with two attached hydrogens (primary N) is 1. The summed E-state index contributed by atoms with van der Waals surface area (Å²) in [6.07, 6.45) is 2.46. The highest BCUT2D eigenvalue weighted by atomic mass is 35.5. The first-order chi connectivity index (χ1) is 7.95. The molecule has 2 rings (SSSR count). The van der Waals surface area contributed by atoms with Gasteiger partial charge in [0.1, 0.15) is 6.54 Å². The lowest BCUT2D eigenvalue weighted by atomic mass is 10.1. The molecule has 1 heterocycles. The van der Waals surface area contributed by atoms with Crippen molar-refractivity contribution in [3.63, 3.8) is 0 Å². The number of hydrogen-bond acceptors (Lipinski definition) is 1. The number of quaternary nitrogens is 1. The summed E-state index contributed by atoms with van der Waals surface area (Å²) in [6, 6.07) is 15.1. The molecule has 0 radical (unpaired) electrons. The molecule has 1 nitrogen and oxygen atoms in total. The Bertz CT molecular complexity index is 386. The van der Waals surface area contributed by atoms with Crippen molar-refractivity contribution >= 4 is 11.3 Å². The van der Waals surface area contributed by atoms with E-state index in [9.17, 15) is 0 Å². The molecule has 0 unspecified atom stereocenters. The van der Waals surface area contributed by atoms with E-state index in [1.54, 1.807) is 0 Å². The van der Waals surface area contributed by atoms with E-state index in [0.29, 0.717) is 0 Å². The van der Waals surface area contributed by atoms with Gasteiger partial charge in [0.05, 0.1) is 11.4 Å². The summed E-state index contributed by atoms with van der Waals surface area (Å²) >= 11 is 1.85. The zero-order valence-corrected chi connectivity index (χ0v) is 11.4. The fourth-order valence-electron chi connectivity index (χ4n) is 1.77. The maximum absolute atomic E-state index is 2.40. The van der Waals surface area contributed by atoms with Crippen LogP contribution in [-0.4, -0.2) is 6.54 Å². The summed E-state index contributed by atoms with van der Waals surface area (Å²) in [4.78, 5) is 1.47. The summed E-state index contributed by atoms with van der Waals surface area (Å²) in [5, 5.41) is 4.54. The van der Waals surface area contributed by atoms with Crippen LogP contribution in [0.4, 0.5) is 0 Å². The van der Waals surface area contributed by atoms with Gasteiger partial charge in [0.25, 0.3) is 0 Å². The molecule has 2 N–H and O–H groups in total. The van der Waals surface area contributed by atoms with Gasteiger partial charge in [0.15, 0.2) is 0 Å². The summed E-state index contributed by atoms with van der Waals surface area (Å²) in [5.74, 6) is 0. The standard InChI is InChI=1S/C14H17NS.ClH/c1-2-6-13(7-3-1)8-4-10-15-12-14-9-5-11-16-14;/h1-3,5-7,9,11,15H,4,8,10,12H2;1H. The van der Waals surface area contributed by atoms with Gasteiger partial charge in [-0.05, 0) is 23.4 Å². The molecule has 0 spiro atoms. The molecular formula is C14H18ClNS. The number of halogens is 1. The quantitative estimate of drug-likeness (QED) is 0.677. The zero-order chi connectivity index (χ0) is 11.1. The van der Waals surface area contributed by atoms with Crippen LogP contribution in [0.3, 0.4) is 0 Å². The van der Waals surface area contributed by atoms with Crippen LogP contribution in [-0.2, 0) is 13.0 Å². The molecule has 0 atom stereocenters. The Balaban J connectivity index is 0.00000144. The minimum Gasteiger partial charge on any atom is -1.00 e. The summed E-state index contributed by atoms with van der Waals surface area (Å²) in [7, 11) is 0. The lowest BCUT2D eigenvalue weighted by Gasteiger charge is -2.01. The van der Waals surface area contributed by atoms with Crippen molar-refractivity contribution in [2.24, 2.45) is 0 Å². The van der Waals surface area contributed by atoms with Crippen LogP contribution >= 0.6 is 11.3 Å². The van der Waals surface area contributed by atoms with E-state index in [0.717, 1.165) is 6.54 Å². The van der Waals surface area contributed by atoms with Gasteiger partial charge in [0, 0.05) is 6.42 Å². The molecule has 0 fully saturated rings. The van der Waals surface area contributed by atoms with Crippen molar-refractivity contribution in [1.82, 2.24) is 0 Å². The van der Waals surface area contributed by atoms with E-state index >= 15 is 0 Å². The Labute approximate surface area is 113 Å². The van der Waals surface area contributed by atoms with E-state index in [2.05, 4.69) is 53.2 Å². The lowest BCUT2D eigenvalue weighted by molar-refractivity contribution is -0.670. The second-order valence-electron chi connectivity index (χ2n) is 3.95. The van der Waals surface area contributed by atoms with Crippen LogP contribution < -0.4 is 17.7 Å². The van der Waals surface area contributed by atoms with Gasteiger partial charge in [-0.3, -0.25) is 0 Å². The van der Waals surface area contributed by atoms with Crippen LogP contribution in [0.1, 0.15) is 16.9 Å². The second-order valence-corrected chi connectivity index (χ2v) is 4.98. The monoisotopic (exact) mass is 267 g/mol. The molecule has 0 bridgehead atoms. The molecule has 17 heavy (non-hydrogen) atoms. The maximum Gasteiger partial charge on any atom is 0.111 e. The number of aryl methyl sites for hydroxylation is 1. The average Bonchev–Trinajstić information content (AvgIpc) is 2.83. The zero-order valence-electron chi connectivity index (χ0n) is 9.81. The SMILES string of the molecule is [Cl-].c1ccc(CCC[NH2+]Cc2cccs2)cc1. The number of rotatable bonds is 6. The van der Waals surface area contributed by atoms with E-state index in [1.165, 1.54) is 29.8 Å². The Morgan fingerprint density at radius 1 is 1.00 bits per heavy atom. The van der Waals surface area contributed by atoms with Crippen molar-refractivity contribution in [1.29, 1.82) is 0 Å². The fourth-order valence-corrected chi connectivity index (χ4v) is 2.47. The third-order valence-corrected chi connectivity index (χ3v) is 3.54. The molecule has 1 aromatic carbocycles. The molecule has 3 heteroatoms. The van der Waals surface area contributed by atoms with Crippen molar-refractivity contribution in [3.8, 4) is 0 Å². The largest absolute Gasteiger partial charge is 1.00 e. The molecule has 0 saturated heterocycles. The Morgan fingerprint density at radius 3 is 2.53 bits per heavy atom. The van der Waals surface area contributed by atoms with E-state index in [-0.39, 0.29) is 12.4 Å². The predicted molar refractivity (Wildman–Crippen MR) is 69.6 cm³/mol. The van der Waals surface area contributed by atoms with Crippen molar-refractivity contribution in [2.75, 3.05) is 6.54 Å². The number of thiophene rings is 1. The first-order valence-electron chi connectivity index (χ1n) is 5.83. The van der Waals surface area contributed by atoms with Gasteiger partial charge in [0.2, 0.25) is 0 Å². The molecule has 0 amide bonds. The van der Waals surface area contributed by atoms with Crippen molar-refractivity contribution in [2.45, 2.75) is 19.4 Å². The van der Waals surface area contributed by atoms with E-state index < -0.39 is 0 Å². The Morgan fingerprint density at radius 2 is 1.82 bits per heavy atom. The third-order valence-electron chi connectivity index (χ3n) is 2.64. The van der Waals surface area contributed by atoms with Gasteiger partial charge in [-0.1, -0.05) is 36.4 Å².